The number of nitrogens with one attached hydrogen (secondary N) is 1. The largest absolute Gasteiger partial charge is 0.480 e. The molecule has 19 heavy (non-hydrogen) atoms. The fourth-order valence-corrected chi connectivity index (χ4v) is 2.37. The third-order valence-corrected chi connectivity index (χ3v) is 3.77. The maximum absolute atomic E-state index is 11.1. The third-order valence-electron chi connectivity index (χ3n) is 2.87. The van der Waals surface area contributed by atoms with Gasteiger partial charge >= 0.3 is 5.97 Å². The van der Waals surface area contributed by atoms with Crippen molar-refractivity contribution in [2.45, 2.75) is 10.9 Å². The number of nitrogens with two attached hydrogens (primary N) is 1. The van der Waals surface area contributed by atoms with Crippen LogP contribution >= 0.6 is 0 Å². The van der Waals surface area contributed by atoms with Gasteiger partial charge < -0.3 is 15.3 Å². The molecule has 1 unspecified atom stereocenters. The lowest BCUT2D eigenvalue weighted by Crippen LogP contribution is -2.55. The number of aliphatic carboxylic acids is 1. The van der Waals surface area contributed by atoms with Gasteiger partial charge in [-0.25, -0.2) is 23.3 Å². The molecule has 1 atom stereocenters. The van der Waals surface area contributed by atoms with Crippen molar-refractivity contribution in [2.75, 3.05) is 24.5 Å². The number of carboxylic acids is 1. The summed E-state index contributed by atoms with van der Waals surface area (Å²) in [5, 5.41) is 17.1. The molecule has 1 aliphatic heterocycles. The highest BCUT2D eigenvalue weighted by Crippen LogP contribution is 2.17. The van der Waals surface area contributed by atoms with E-state index in [0.717, 1.165) is 6.20 Å². The molecule has 4 N–H and O–H groups in total. The third kappa shape index (κ3) is 3.00. The Bertz CT molecular complexity index is 572. The van der Waals surface area contributed by atoms with E-state index in [4.69, 9.17) is 10.2 Å². The van der Waals surface area contributed by atoms with E-state index >= 15 is 0 Å². The van der Waals surface area contributed by atoms with Crippen LogP contribution in [0.2, 0.25) is 0 Å². The Morgan fingerprint density at radius 2 is 2.26 bits per heavy atom. The minimum Gasteiger partial charge on any atom is -0.480 e. The molecular weight excluding hydrogens is 272 g/mol. The molecule has 1 aliphatic rings. The molecule has 9 heteroatoms. The highest BCUT2D eigenvalue weighted by molar-refractivity contribution is 7.89. The molecule has 2 rings (SSSR count). The minimum absolute atomic E-state index is 0.0988. The van der Waals surface area contributed by atoms with Gasteiger partial charge in [-0.05, 0) is 12.1 Å². The van der Waals surface area contributed by atoms with Crippen LogP contribution in [0.4, 0.5) is 5.82 Å². The standard InChI is InChI=1S/C10H14N4O4S/c11-19(17,18)7-1-2-9(13-5-7)14-4-3-12-6-8(14)10(15)16/h1-2,5,8,12H,3-4,6H2,(H,15,16)(H2,11,17,18). The van der Waals surface area contributed by atoms with E-state index in [1.807, 2.05) is 0 Å². The second-order valence-electron chi connectivity index (χ2n) is 4.15. The van der Waals surface area contributed by atoms with Crippen LogP contribution in [0.15, 0.2) is 23.2 Å². The van der Waals surface area contributed by atoms with E-state index in [1.165, 1.54) is 12.1 Å². The number of hydrogen-bond donors (Lipinski definition) is 3. The Morgan fingerprint density at radius 1 is 1.53 bits per heavy atom. The second kappa shape index (κ2) is 5.11. The summed E-state index contributed by atoms with van der Waals surface area (Å²) in [5.41, 5.74) is 0. The van der Waals surface area contributed by atoms with Gasteiger partial charge in [-0.2, -0.15) is 0 Å². The molecule has 1 fully saturated rings. The lowest BCUT2D eigenvalue weighted by molar-refractivity contribution is -0.138. The molecule has 1 aromatic rings. The molecule has 2 heterocycles. The van der Waals surface area contributed by atoms with Crippen LogP contribution in [0.25, 0.3) is 0 Å². The van der Waals surface area contributed by atoms with E-state index in [2.05, 4.69) is 10.3 Å². The van der Waals surface area contributed by atoms with E-state index in [9.17, 15) is 13.2 Å². The summed E-state index contributed by atoms with van der Waals surface area (Å²) in [5.74, 6) is -0.536. The number of carbonyl (C=O) groups is 1. The number of pyridine rings is 1. The first kappa shape index (κ1) is 13.7. The number of aromatic nitrogens is 1. The average molecular weight is 286 g/mol. The molecule has 0 amide bonds. The van der Waals surface area contributed by atoms with Crippen molar-refractivity contribution in [1.29, 1.82) is 0 Å². The summed E-state index contributed by atoms with van der Waals surface area (Å²) in [4.78, 5) is 16.6. The predicted molar refractivity (Wildman–Crippen MR) is 67.2 cm³/mol. The zero-order valence-electron chi connectivity index (χ0n) is 9.98. The number of piperazine rings is 1. The highest BCUT2D eigenvalue weighted by atomic mass is 32.2. The van der Waals surface area contributed by atoms with Gasteiger partial charge in [-0.1, -0.05) is 0 Å². The van der Waals surface area contributed by atoms with Crippen LogP contribution in [-0.2, 0) is 14.8 Å². The smallest absolute Gasteiger partial charge is 0.327 e. The van der Waals surface area contributed by atoms with Crippen molar-refractivity contribution in [3.05, 3.63) is 18.3 Å². The molecule has 8 nitrogen and oxygen atoms in total. The van der Waals surface area contributed by atoms with Gasteiger partial charge in [0, 0.05) is 25.8 Å². The fraction of sp³-hybridized carbons (Fsp3) is 0.400. The molecule has 0 bridgehead atoms. The van der Waals surface area contributed by atoms with Crippen LogP contribution in [0.3, 0.4) is 0 Å². The van der Waals surface area contributed by atoms with Crippen molar-refractivity contribution < 1.29 is 18.3 Å². The maximum Gasteiger partial charge on any atom is 0.327 e. The van der Waals surface area contributed by atoms with Gasteiger partial charge in [-0.3, -0.25) is 0 Å². The maximum atomic E-state index is 11.1. The molecule has 1 aromatic heterocycles. The summed E-state index contributed by atoms with van der Waals surface area (Å²) in [7, 11) is -3.79. The van der Waals surface area contributed by atoms with Crippen LogP contribution < -0.4 is 15.4 Å². The topological polar surface area (TPSA) is 126 Å². The summed E-state index contributed by atoms with van der Waals surface area (Å²) < 4.78 is 22.2. The molecule has 0 radical (unpaired) electrons. The summed E-state index contributed by atoms with van der Waals surface area (Å²) >= 11 is 0. The fourth-order valence-electron chi connectivity index (χ4n) is 1.91. The number of sulfonamides is 1. The van der Waals surface area contributed by atoms with Crippen molar-refractivity contribution in [3.8, 4) is 0 Å². The Labute approximate surface area is 110 Å². The number of anilines is 1. The van der Waals surface area contributed by atoms with Gasteiger partial charge in [0.2, 0.25) is 10.0 Å². The van der Waals surface area contributed by atoms with Crippen molar-refractivity contribution in [1.82, 2.24) is 10.3 Å². The summed E-state index contributed by atoms with van der Waals surface area (Å²) in [6.45, 7) is 1.44. The second-order valence-corrected chi connectivity index (χ2v) is 5.71. The Kier molecular flexibility index (Phi) is 3.69. The molecule has 0 saturated carbocycles. The van der Waals surface area contributed by atoms with Gasteiger partial charge in [-0.15, -0.1) is 0 Å². The molecule has 0 spiro atoms. The number of carboxylic acid groups (broad SMARTS) is 1. The van der Waals surface area contributed by atoms with Crippen molar-refractivity contribution in [3.63, 3.8) is 0 Å². The van der Waals surface area contributed by atoms with E-state index in [-0.39, 0.29) is 4.90 Å². The lowest BCUT2D eigenvalue weighted by Gasteiger charge is -2.34. The Balaban J connectivity index is 2.28. The number of nitrogens with zero attached hydrogens (tertiary/aromatic N) is 2. The van der Waals surface area contributed by atoms with Crippen LogP contribution in [0.5, 0.6) is 0 Å². The van der Waals surface area contributed by atoms with E-state index in [0.29, 0.717) is 25.5 Å². The summed E-state index contributed by atoms with van der Waals surface area (Å²) in [6.07, 6.45) is 1.13. The van der Waals surface area contributed by atoms with E-state index < -0.39 is 22.0 Å². The van der Waals surface area contributed by atoms with Crippen molar-refractivity contribution in [2.24, 2.45) is 5.14 Å². The highest BCUT2D eigenvalue weighted by Gasteiger charge is 2.29. The zero-order chi connectivity index (χ0) is 14.0. The first-order chi connectivity index (χ1) is 8.89. The molecule has 104 valence electrons. The van der Waals surface area contributed by atoms with Gasteiger partial charge in [0.25, 0.3) is 0 Å². The molecular formula is C10H14N4O4S. The van der Waals surface area contributed by atoms with Gasteiger partial charge in [0.1, 0.15) is 16.8 Å². The molecule has 0 aliphatic carbocycles. The minimum atomic E-state index is -3.79. The molecule has 0 aromatic carbocycles. The van der Waals surface area contributed by atoms with Gasteiger partial charge in [0.15, 0.2) is 0 Å². The predicted octanol–water partition coefficient (Wildman–Crippen LogP) is -1.41. The van der Waals surface area contributed by atoms with E-state index in [1.54, 1.807) is 4.90 Å². The summed E-state index contributed by atoms with van der Waals surface area (Å²) in [6, 6.07) is 2.06. The van der Waals surface area contributed by atoms with Crippen LogP contribution in [0, 0.1) is 0 Å². The molecule has 1 saturated heterocycles. The zero-order valence-corrected chi connectivity index (χ0v) is 10.8. The Morgan fingerprint density at radius 3 is 2.79 bits per heavy atom. The van der Waals surface area contributed by atoms with Crippen LogP contribution in [0.1, 0.15) is 0 Å². The van der Waals surface area contributed by atoms with Crippen molar-refractivity contribution >= 4 is 21.8 Å². The average Bonchev–Trinajstić information content (AvgIpc) is 2.38. The van der Waals surface area contributed by atoms with Gasteiger partial charge in [0.05, 0.1) is 0 Å². The number of primary sulfonamides is 1. The first-order valence-corrected chi connectivity index (χ1v) is 7.13. The first-order valence-electron chi connectivity index (χ1n) is 5.58. The lowest BCUT2D eigenvalue weighted by atomic mass is 10.2. The quantitative estimate of drug-likeness (QED) is 0.623. The monoisotopic (exact) mass is 286 g/mol. The normalized spacial score (nSPS) is 20.3. The van der Waals surface area contributed by atoms with Crippen LogP contribution in [-0.4, -0.2) is 50.2 Å². The number of rotatable bonds is 3. The number of hydrogen-bond acceptors (Lipinski definition) is 6. The Hall–Kier alpha value is -1.71. The SMILES string of the molecule is NS(=O)(=O)c1ccc(N2CCNCC2C(=O)O)nc1.